The van der Waals surface area contributed by atoms with Crippen molar-refractivity contribution in [2.45, 2.75) is 87.9 Å². The maximum atomic E-state index is 14.2. The number of fused-ring (bicyclic) bond motifs is 1. The first kappa shape index (κ1) is 39.5. The Morgan fingerprint density at radius 2 is 1.37 bits per heavy atom. The number of aliphatic carboxylic acids is 1. The van der Waals surface area contributed by atoms with Crippen molar-refractivity contribution in [2.75, 3.05) is 7.05 Å². The van der Waals surface area contributed by atoms with E-state index in [4.69, 9.17) is 9.90 Å². The van der Waals surface area contributed by atoms with Crippen molar-refractivity contribution >= 4 is 29.6 Å². The maximum absolute atomic E-state index is 14.2. The lowest BCUT2D eigenvalue weighted by Crippen LogP contribution is -2.59. The highest BCUT2D eigenvalue weighted by Crippen LogP contribution is 2.33. The maximum Gasteiger partial charge on any atom is 0.490 e. The number of hydrogen-bond acceptors (Lipinski definition) is 6. The number of likely N-dealkylation sites (N-methyl/N-ethyl adjacent to an activating group) is 1. The summed E-state index contributed by atoms with van der Waals surface area (Å²) in [6.07, 6.45) is -2.26. The van der Waals surface area contributed by atoms with Crippen molar-refractivity contribution in [1.29, 1.82) is 0 Å². The molecule has 3 aromatic carbocycles. The summed E-state index contributed by atoms with van der Waals surface area (Å²) in [6.45, 7) is 1.73. The Labute approximate surface area is 300 Å². The molecule has 14 heteroatoms. The largest absolute Gasteiger partial charge is 0.490 e. The van der Waals surface area contributed by atoms with Crippen molar-refractivity contribution in [3.63, 3.8) is 0 Å². The number of nitrogens with zero attached hydrogens (tertiary/aromatic N) is 1. The average Bonchev–Trinajstić information content (AvgIpc) is 3.54. The molecule has 2 fully saturated rings. The molecule has 0 spiro atoms. The van der Waals surface area contributed by atoms with Gasteiger partial charge in [-0.05, 0) is 62.8 Å². The summed E-state index contributed by atoms with van der Waals surface area (Å²) in [5, 5.41) is 19.4. The van der Waals surface area contributed by atoms with E-state index in [2.05, 4.69) is 21.3 Å². The number of rotatable bonds is 10. The van der Waals surface area contributed by atoms with Gasteiger partial charge in [-0.15, -0.1) is 0 Å². The normalized spacial score (nSPS) is 20.7. The summed E-state index contributed by atoms with van der Waals surface area (Å²) in [5.74, 6) is -3.62. The Bertz CT molecular complexity index is 1620. The van der Waals surface area contributed by atoms with Gasteiger partial charge in [0.15, 0.2) is 0 Å². The number of nitrogens with one attached hydrogen (secondary N) is 4. The van der Waals surface area contributed by atoms with Gasteiger partial charge in [0.1, 0.15) is 12.1 Å². The quantitative estimate of drug-likeness (QED) is 0.213. The van der Waals surface area contributed by atoms with Crippen molar-refractivity contribution < 1.29 is 42.3 Å². The molecule has 52 heavy (non-hydrogen) atoms. The summed E-state index contributed by atoms with van der Waals surface area (Å²) >= 11 is 0. The SMILES string of the molecule is CN[C@@H](C)C(=O)N[C@H]1CC[C@H](NC(=O)Cc2ccccc2)C[C@H]2CC[C@@H](C(=O)NC(c3ccccc3)c3ccccc3)N2C1=O.O=C(O)C(F)(F)F. The van der Waals surface area contributed by atoms with E-state index >= 15 is 0 Å². The van der Waals surface area contributed by atoms with E-state index in [1.165, 1.54) is 0 Å². The highest BCUT2D eigenvalue weighted by molar-refractivity contribution is 5.94. The molecular formula is C38H44F3N5O6. The van der Waals surface area contributed by atoms with Gasteiger partial charge in [0.2, 0.25) is 23.6 Å². The number of halogens is 3. The van der Waals surface area contributed by atoms with Gasteiger partial charge in [-0.25, -0.2) is 4.79 Å². The summed E-state index contributed by atoms with van der Waals surface area (Å²) in [6, 6.07) is 26.3. The second kappa shape index (κ2) is 18.3. The Balaban J connectivity index is 0.000000785. The third-order valence-electron chi connectivity index (χ3n) is 9.23. The van der Waals surface area contributed by atoms with E-state index in [1.54, 1.807) is 18.9 Å². The number of carbonyl (C=O) groups is 5. The number of benzene rings is 3. The highest BCUT2D eigenvalue weighted by Gasteiger charge is 2.46. The zero-order valence-electron chi connectivity index (χ0n) is 28.9. The lowest BCUT2D eigenvalue weighted by Gasteiger charge is -2.38. The first-order chi connectivity index (χ1) is 24.8. The third kappa shape index (κ3) is 10.9. The van der Waals surface area contributed by atoms with Crippen molar-refractivity contribution in [3.05, 3.63) is 108 Å². The number of carboxylic acids is 1. The van der Waals surface area contributed by atoms with E-state index in [-0.39, 0.29) is 48.2 Å². The molecule has 2 saturated heterocycles. The van der Waals surface area contributed by atoms with Crippen LogP contribution in [0.4, 0.5) is 13.2 Å². The molecule has 0 saturated carbocycles. The number of carbonyl (C=O) groups excluding carboxylic acids is 4. The van der Waals surface area contributed by atoms with E-state index in [0.717, 1.165) is 16.7 Å². The topological polar surface area (TPSA) is 157 Å². The first-order valence-corrected chi connectivity index (χ1v) is 17.1. The molecule has 11 nitrogen and oxygen atoms in total. The molecule has 0 unspecified atom stereocenters. The fourth-order valence-corrected chi connectivity index (χ4v) is 6.46. The summed E-state index contributed by atoms with van der Waals surface area (Å²) in [7, 11) is 1.69. The van der Waals surface area contributed by atoms with Crippen molar-refractivity contribution in [3.8, 4) is 0 Å². The number of alkyl halides is 3. The third-order valence-corrected chi connectivity index (χ3v) is 9.23. The van der Waals surface area contributed by atoms with Crippen LogP contribution in [0.2, 0.25) is 0 Å². The van der Waals surface area contributed by atoms with Crippen molar-refractivity contribution in [1.82, 2.24) is 26.2 Å². The van der Waals surface area contributed by atoms with Crippen LogP contribution in [-0.4, -0.2) is 83.0 Å². The first-order valence-electron chi connectivity index (χ1n) is 17.1. The van der Waals surface area contributed by atoms with Crippen LogP contribution in [0.5, 0.6) is 0 Å². The molecule has 0 aliphatic carbocycles. The molecule has 0 radical (unpaired) electrons. The molecule has 3 aromatic rings. The van der Waals surface area contributed by atoms with E-state index in [1.807, 2.05) is 91.0 Å². The monoisotopic (exact) mass is 723 g/mol. The number of hydrogen-bond donors (Lipinski definition) is 5. The molecular weight excluding hydrogens is 679 g/mol. The van der Waals surface area contributed by atoms with Crippen LogP contribution in [-0.2, 0) is 30.4 Å². The molecule has 5 atom stereocenters. The molecule has 2 aliphatic heterocycles. The lowest BCUT2D eigenvalue weighted by atomic mass is 9.94. The molecule has 4 amide bonds. The minimum absolute atomic E-state index is 0.0881. The predicted molar refractivity (Wildman–Crippen MR) is 187 cm³/mol. The lowest BCUT2D eigenvalue weighted by molar-refractivity contribution is -0.192. The molecule has 0 bridgehead atoms. The van der Waals surface area contributed by atoms with Gasteiger partial charge >= 0.3 is 12.1 Å². The van der Waals surface area contributed by atoms with Gasteiger partial charge < -0.3 is 31.3 Å². The second-order valence-electron chi connectivity index (χ2n) is 12.9. The Morgan fingerprint density at radius 3 is 1.88 bits per heavy atom. The highest BCUT2D eigenvalue weighted by atomic mass is 19.4. The predicted octanol–water partition coefficient (Wildman–Crippen LogP) is 3.89. The second-order valence-corrected chi connectivity index (χ2v) is 12.9. The molecule has 5 N–H and O–H groups in total. The summed E-state index contributed by atoms with van der Waals surface area (Å²) in [5.41, 5.74) is 2.81. The van der Waals surface area contributed by atoms with Gasteiger partial charge in [-0.3, -0.25) is 19.2 Å². The standard InChI is InChI=1S/C36H43N5O4.C2HF3O2/c1-24(37-2)34(43)39-30-20-18-28(38-32(42)22-25-12-6-3-7-13-25)23-29-19-21-31(41(29)36(30)45)35(44)40-33(26-14-8-4-9-15-26)27-16-10-5-11-17-27;3-2(4,5)1(6)7/h3-17,24,28-31,33,37H,18-23H2,1-2H3,(H,38,42)(H,39,43)(H,40,44);(H,6,7)/t24-,28-,29+,30-,31-;/m0./s1. The van der Waals surface area contributed by atoms with Gasteiger partial charge in [-0.2, -0.15) is 13.2 Å². The minimum atomic E-state index is -5.08. The minimum Gasteiger partial charge on any atom is -0.475 e. The molecule has 0 aromatic heterocycles. The number of amides is 4. The Hall–Kier alpha value is -5.24. The molecule has 2 aliphatic rings. The van der Waals surface area contributed by atoms with Gasteiger partial charge in [0, 0.05) is 12.1 Å². The van der Waals surface area contributed by atoms with Crippen LogP contribution >= 0.6 is 0 Å². The van der Waals surface area contributed by atoms with Crippen molar-refractivity contribution in [2.24, 2.45) is 0 Å². The Morgan fingerprint density at radius 1 is 0.827 bits per heavy atom. The van der Waals surface area contributed by atoms with E-state index in [9.17, 15) is 32.3 Å². The average molecular weight is 724 g/mol. The van der Waals surface area contributed by atoms with Crippen LogP contribution in [0.3, 0.4) is 0 Å². The summed E-state index contributed by atoms with van der Waals surface area (Å²) in [4.78, 5) is 64.8. The van der Waals surface area contributed by atoms with Crippen LogP contribution in [0, 0.1) is 0 Å². The molecule has 5 rings (SSSR count). The zero-order valence-corrected chi connectivity index (χ0v) is 28.9. The van der Waals surface area contributed by atoms with Crippen LogP contribution in [0.1, 0.15) is 61.8 Å². The summed E-state index contributed by atoms with van der Waals surface area (Å²) < 4.78 is 31.7. The van der Waals surface area contributed by atoms with E-state index < -0.39 is 30.3 Å². The van der Waals surface area contributed by atoms with Crippen LogP contribution in [0.15, 0.2) is 91.0 Å². The fourth-order valence-electron chi connectivity index (χ4n) is 6.46. The smallest absolute Gasteiger partial charge is 0.475 e. The number of carboxylic acid groups (broad SMARTS) is 1. The zero-order chi connectivity index (χ0) is 37.8. The van der Waals surface area contributed by atoms with Gasteiger partial charge in [-0.1, -0.05) is 91.0 Å². The fraction of sp³-hybridized carbons (Fsp3) is 0.395. The molecule has 278 valence electrons. The van der Waals surface area contributed by atoms with E-state index in [0.29, 0.717) is 32.1 Å². The van der Waals surface area contributed by atoms with Gasteiger partial charge in [0.05, 0.1) is 18.5 Å². The van der Waals surface area contributed by atoms with Gasteiger partial charge in [0.25, 0.3) is 0 Å². The van der Waals surface area contributed by atoms with Crippen LogP contribution in [0.25, 0.3) is 0 Å². The molecule has 2 heterocycles. The van der Waals surface area contributed by atoms with Crippen LogP contribution < -0.4 is 21.3 Å². The Kier molecular flexibility index (Phi) is 13.9.